The molecule has 1 aliphatic rings. The van der Waals surface area contributed by atoms with Gasteiger partial charge in [-0.25, -0.2) is 0 Å². The number of amides is 1. The summed E-state index contributed by atoms with van der Waals surface area (Å²) in [6, 6.07) is 14.1. The number of aromatic nitrogens is 1. The van der Waals surface area contributed by atoms with Crippen LogP contribution in [0, 0.1) is 0 Å². The van der Waals surface area contributed by atoms with Gasteiger partial charge >= 0.3 is 0 Å². The van der Waals surface area contributed by atoms with Crippen molar-refractivity contribution < 1.29 is 4.79 Å². The predicted octanol–water partition coefficient (Wildman–Crippen LogP) is 2.54. The lowest BCUT2D eigenvalue weighted by Gasteiger charge is -2.33. The second kappa shape index (κ2) is 6.78. The van der Waals surface area contributed by atoms with Gasteiger partial charge in [0.15, 0.2) is 0 Å². The normalized spacial score (nSPS) is 18.1. The Morgan fingerprint density at radius 1 is 1.19 bits per heavy atom. The van der Waals surface area contributed by atoms with Crippen molar-refractivity contribution in [3.05, 3.63) is 48.2 Å². The molecule has 2 heterocycles. The van der Waals surface area contributed by atoms with E-state index in [0.29, 0.717) is 5.69 Å². The van der Waals surface area contributed by atoms with E-state index in [0.717, 1.165) is 30.9 Å². The third-order valence-corrected chi connectivity index (χ3v) is 3.76. The lowest BCUT2D eigenvalue weighted by Crippen LogP contribution is -2.52. The molecule has 1 atom stereocenters. The molecule has 3 rings (SSSR count). The SMILES string of the molecule is C[C@H]1CNCCN1C(=O)c1ccc(-c2ccccc2)[nH]1.Cl. The number of carbonyl (C=O) groups excluding carboxylic acids is 1. The van der Waals surface area contributed by atoms with E-state index in [-0.39, 0.29) is 24.4 Å². The molecule has 1 aliphatic heterocycles. The van der Waals surface area contributed by atoms with Gasteiger partial charge in [-0.05, 0) is 24.6 Å². The molecule has 2 aromatic rings. The maximum absolute atomic E-state index is 12.5. The number of hydrogen-bond acceptors (Lipinski definition) is 2. The zero-order valence-electron chi connectivity index (χ0n) is 12.0. The molecular formula is C16H20ClN3O. The fraction of sp³-hybridized carbons (Fsp3) is 0.312. The summed E-state index contributed by atoms with van der Waals surface area (Å²) >= 11 is 0. The highest BCUT2D eigenvalue weighted by atomic mass is 35.5. The van der Waals surface area contributed by atoms with Gasteiger partial charge in [-0.2, -0.15) is 0 Å². The first-order chi connectivity index (χ1) is 9.75. The lowest BCUT2D eigenvalue weighted by molar-refractivity contribution is 0.0650. The number of halogens is 1. The van der Waals surface area contributed by atoms with Gasteiger partial charge in [0.25, 0.3) is 5.91 Å². The molecule has 2 N–H and O–H groups in total. The van der Waals surface area contributed by atoms with Crippen molar-refractivity contribution in [3.8, 4) is 11.3 Å². The number of hydrogen-bond donors (Lipinski definition) is 2. The maximum atomic E-state index is 12.5. The van der Waals surface area contributed by atoms with E-state index in [1.165, 1.54) is 0 Å². The highest BCUT2D eigenvalue weighted by molar-refractivity contribution is 5.93. The molecule has 0 saturated carbocycles. The van der Waals surface area contributed by atoms with E-state index in [2.05, 4.69) is 17.2 Å². The standard InChI is InChI=1S/C16H19N3O.ClH/c1-12-11-17-9-10-19(12)16(20)15-8-7-14(18-15)13-5-3-2-4-6-13;/h2-8,12,17-18H,9-11H2,1H3;1H/t12-;/m0./s1. The van der Waals surface area contributed by atoms with Gasteiger partial charge in [-0.15, -0.1) is 12.4 Å². The second-order valence-corrected chi connectivity index (χ2v) is 5.20. The monoisotopic (exact) mass is 305 g/mol. The summed E-state index contributed by atoms with van der Waals surface area (Å²) in [5.74, 6) is 0.0844. The van der Waals surface area contributed by atoms with Crippen molar-refractivity contribution in [3.63, 3.8) is 0 Å². The molecule has 0 aliphatic carbocycles. The number of aromatic amines is 1. The van der Waals surface area contributed by atoms with Crippen LogP contribution in [-0.4, -0.2) is 41.5 Å². The minimum Gasteiger partial charge on any atom is -0.351 e. The van der Waals surface area contributed by atoms with E-state index in [9.17, 15) is 4.79 Å². The lowest BCUT2D eigenvalue weighted by atomic mass is 10.2. The fourth-order valence-corrected chi connectivity index (χ4v) is 2.60. The number of carbonyl (C=O) groups is 1. The van der Waals surface area contributed by atoms with Crippen molar-refractivity contribution in [2.24, 2.45) is 0 Å². The Kier molecular flexibility index (Phi) is 5.04. The van der Waals surface area contributed by atoms with Crippen LogP contribution in [0.3, 0.4) is 0 Å². The fourth-order valence-electron chi connectivity index (χ4n) is 2.60. The quantitative estimate of drug-likeness (QED) is 0.896. The average Bonchev–Trinajstić information content (AvgIpc) is 2.98. The van der Waals surface area contributed by atoms with Crippen LogP contribution in [0.5, 0.6) is 0 Å². The molecule has 0 unspecified atom stereocenters. The van der Waals surface area contributed by atoms with Gasteiger partial charge in [0, 0.05) is 31.4 Å². The van der Waals surface area contributed by atoms with Crippen LogP contribution in [-0.2, 0) is 0 Å². The molecule has 0 spiro atoms. The molecule has 1 amide bonds. The van der Waals surface area contributed by atoms with Crippen molar-refractivity contribution in [1.29, 1.82) is 0 Å². The van der Waals surface area contributed by atoms with Gasteiger partial charge in [0.05, 0.1) is 0 Å². The first-order valence-corrected chi connectivity index (χ1v) is 7.02. The minimum absolute atomic E-state index is 0. The molecule has 4 nitrogen and oxygen atoms in total. The smallest absolute Gasteiger partial charge is 0.270 e. The number of nitrogens with one attached hydrogen (secondary N) is 2. The summed E-state index contributed by atoms with van der Waals surface area (Å²) in [5, 5.41) is 3.30. The molecule has 0 bridgehead atoms. The Hall–Kier alpha value is -1.78. The van der Waals surface area contributed by atoms with Gasteiger partial charge in [-0.1, -0.05) is 30.3 Å². The zero-order chi connectivity index (χ0) is 13.9. The van der Waals surface area contributed by atoms with Gasteiger partial charge in [0.1, 0.15) is 5.69 Å². The first kappa shape index (κ1) is 15.6. The Labute approximate surface area is 131 Å². The number of rotatable bonds is 2. The molecule has 1 aromatic heterocycles. The maximum Gasteiger partial charge on any atom is 0.270 e. The summed E-state index contributed by atoms with van der Waals surface area (Å²) in [4.78, 5) is 17.7. The van der Waals surface area contributed by atoms with Crippen molar-refractivity contribution >= 4 is 18.3 Å². The van der Waals surface area contributed by atoms with Gasteiger partial charge in [0.2, 0.25) is 0 Å². The van der Waals surface area contributed by atoms with E-state index in [1.54, 1.807) is 0 Å². The van der Waals surface area contributed by atoms with Crippen LogP contribution < -0.4 is 5.32 Å². The molecule has 1 aromatic carbocycles. The Morgan fingerprint density at radius 3 is 2.67 bits per heavy atom. The highest BCUT2D eigenvalue weighted by Gasteiger charge is 2.24. The summed E-state index contributed by atoms with van der Waals surface area (Å²) < 4.78 is 0. The van der Waals surface area contributed by atoms with Crippen LogP contribution in [0.25, 0.3) is 11.3 Å². The molecule has 112 valence electrons. The van der Waals surface area contributed by atoms with Crippen LogP contribution in [0.2, 0.25) is 0 Å². The largest absolute Gasteiger partial charge is 0.351 e. The number of nitrogens with zero attached hydrogens (tertiary/aromatic N) is 1. The van der Waals surface area contributed by atoms with Crippen LogP contribution in [0.15, 0.2) is 42.5 Å². The molecular weight excluding hydrogens is 286 g/mol. The number of H-pyrrole nitrogens is 1. The highest BCUT2D eigenvalue weighted by Crippen LogP contribution is 2.19. The zero-order valence-corrected chi connectivity index (χ0v) is 12.8. The van der Waals surface area contributed by atoms with E-state index in [4.69, 9.17) is 0 Å². The Bertz CT molecular complexity index is 597. The van der Waals surface area contributed by atoms with Crippen molar-refractivity contribution in [1.82, 2.24) is 15.2 Å². The third-order valence-electron chi connectivity index (χ3n) is 3.76. The first-order valence-electron chi connectivity index (χ1n) is 7.02. The molecule has 1 saturated heterocycles. The van der Waals surface area contributed by atoms with Crippen LogP contribution in [0.1, 0.15) is 17.4 Å². The van der Waals surface area contributed by atoms with E-state index >= 15 is 0 Å². The summed E-state index contributed by atoms with van der Waals surface area (Å²) in [7, 11) is 0. The van der Waals surface area contributed by atoms with E-state index < -0.39 is 0 Å². The number of benzene rings is 1. The summed E-state index contributed by atoms with van der Waals surface area (Å²) in [5.41, 5.74) is 2.74. The van der Waals surface area contributed by atoms with Gasteiger partial charge in [-0.3, -0.25) is 4.79 Å². The van der Waals surface area contributed by atoms with Gasteiger partial charge < -0.3 is 15.2 Å². The van der Waals surface area contributed by atoms with Crippen LogP contribution >= 0.6 is 12.4 Å². The van der Waals surface area contributed by atoms with Crippen molar-refractivity contribution in [2.45, 2.75) is 13.0 Å². The molecule has 0 radical (unpaired) electrons. The van der Waals surface area contributed by atoms with E-state index in [1.807, 2.05) is 47.4 Å². The molecule has 1 fully saturated rings. The average molecular weight is 306 g/mol. The Morgan fingerprint density at radius 2 is 1.95 bits per heavy atom. The minimum atomic E-state index is 0. The summed E-state index contributed by atoms with van der Waals surface area (Å²) in [6.45, 7) is 4.56. The van der Waals surface area contributed by atoms with Crippen LogP contribution in [0.4, 0.5) is 0 Å². The van der Waals surface area contributed by atoms with Crippen molar-refractivity contribution in [2.75, 3.05) is 19.6 Å². The molecule has 21 heavy (non-hydrogen) atoms. The number of piperazine rings is 1. The second-order valence-electron chi connectivity index (χ2n) is 5.20. The molecule has 5 heteroatoms. The predicted molar refractivity (Wildman–Crippen MR) is 86.8 cm³/mol. The summed E-state index contributed by atoms with van der Waals surface area (Å²) in [6.07, 6.45) is 0. The Balaban J connectivity index is 0.00000161. The third kappa shape index (κ3) is 3.28. The topological polar surface area (TPSA) is 48.1 Å².